The lowest BCUT2D eigenvalue weighted by Gasteiger charge is -2.12. The van der Waals surface area contributed by atoms with Crippen LogP contribution in [0.2, 0.25) is 0 Å². The van der Waals surface area contributed by atoms with Crippen molar-refractivity contribution in [3.8, 4) is 0 Å². The number of carbonyl (C=O) groups is 1. The van der Waals surface area contributed by atoms with Crippen LogP contribution in [0, 0.1) is 0 Å². The van der Waals surface area contributed by atoms with Crippen molar-refractivity contribution in [3.05, 3.63) is 24.0 Å². The summed E-state index contributed by atoms with van der Waals surface area (Å²) < 4.78 is 0. The van der Waals surface area contributed by atoms with Crippen molar-refractivity contribution in [2.24, 2.45) is 0 Å². The van der Waals surface area contributed by atoms with Gasteiger partial charge in [0.1, 0.15) is 0 Å². The molecule has 1 aliphatic heterocycles. The van der Waals surface area contributed by atoms with Crippen molar-refractivity contribution in [3.63, 3.8) is 0 Å². The maximum Gasteiger partial charge on any atom is 0.318 e. The Morgan fingerprint density at radius 2 is 2.47 bits per heavy atom. The van der Waals surface area contributed by atoms with Gasteiger partial charge < -0.3 is 20.3 Å². The Morgan fingerprint density at radius 3 is 3.13 bits per heavy atom. The molecule has 82 valence electrons. The van der Waals surface area contributed by atoms with Gasteiger partial charge in [0.2, 0.25) is 0 Å². The molecule has 5 nitrogen and oxygen atoms in total. The predicted octanol–water partition coefficient (Wildman–Crippen LogP) is 0.463. The Bertz CT molecular complexity index is 323. The molecule has 0 bridgehead atoms. The Morgan fingerprint density at radius 1 is 1.60 bits per heavy atom. The summed E-state index contributed by atoms with van der Waals surface area (Å²) >= 11 is 0. The van der Waals surface area contributed by atoms with Gasteiger partial charge >= 0.3 is 6.03 Å². The molecule has 1 unspecified atom stereocenters. The van der Waals surface area contributed by atoms with Gasteiger partial charge in [0.25, 0.3) is 0 Å². The van der Waals surface area contributed by atoms with Crippen molar-refractivity contribution in [1.29, 1.82) is 0 Å². The number of nitrogens with one attached hydrogen (secondary N) is 2. The van der Waals surface area contributed by atoms with E-state index in [1.165, 1.54) is 0 Å². The van der Waals surface area contributed by atoms with Crippen molar-refractivity contribution in [1.82, 2.24) is 15.2 Å². The van der Waals surface area contributed by atoms with Crippen LogP contribution in [-0.4, -0.2) is 40.7 Å². The lowest BCUT2D eigenvalue weighted by atomic mass is 10.1. The molecule has 5 heteroatoms. The van der Waals surface area contributed by atoms with E-state index in [0.29, 0.717) is 19.5 Å². The second-order valence-corrected chi connectivity index (χ2v) is 3.67. The van der Waals surface area contributed by atoms with Crippen LogP contribution < -0.4 is 5.32 Å². The van der Waals surface area contributed by atoms with E-state index in [1.54, 1.807) is 4.90 Å². The van der Waals surface area contributed by atoms with E-state index in [-0.39, 0.29) is 18.7 Å². The number of carbonyl (C=O) groups excluding carboxylic acids is 1. The van der Waals surface area contributed by atoms with Crippen LogP contribution in [0.15, 0.2) is 18.5 Å². The summed E-state index contributed by atoms with van der Waals surface area (Å²) in [5.74, 6) is 0. The summed E-state index contributed by atoms with van der Waals surface area (Å²) in [7, 11) is 0. The summed E-state index contributed by atoms with van der Waals surface area (Å²) in [6.45, 7) is 1.42. The summed E-state index contributed by atoms with van der Waals surface area (Å²) in [5.41, 5.74) is 1.09. The highest BCUT2D eigenvalue weighted by Crippen LogP contribution is 2.19. The number of nitrogens with zero attached hydrogens (tertiary/aromatic N) is 1. The molecule has 0 aliphatic carbocycles. The van der Waals surface area contributed by atoms with Gasteiger partial charge in [-0.3, -0.25) is 0 Å². The van der Waals surface area contributed by atoms with Crippen molar-refractivity contribution < 1.29 is 9.90 Å². The molecule has 0 radical (unpaired) electrons. The molecule has 0 aromatic carbocycles. The zero-order chi connectivity index (χ0) is 10.7. The van der Waals surface area contributed by atoms with Crippen molar-refractivity contribution in [2.45, 2.75) is 12.5 Å². The van der Waals surface area contributed by atoms with Crippen molar-refractivity contribution >= 4 is 6.03 Å². The molecule has 2 amide bonds. The largest absolute Gasteiger partial charge is 0.396 e. The number of urea groups is 1. The minimum absolute atomic E-state index is 0.0466. The fourth-order valence-electron chi connectivity index (χ4n) is 1.79. The molecule has 2 rings (SSSR count). The number of aliphatic hydroxyl groups excluding tert-OH is 1. The quantitative estimate of drug-likeness (QED) is 0.674. The number of hydrogen-bond acceptors (Lipinski definition) is 2. The minimum Gasteiger partial charge on any atom is -0.396 e. The van der Waals surface area contributed by atoms with E-state index in [0.717, 1.165) is 5.56 Å². The molecule has 15 heavy (non-hydrogen) atoms. The molecular formula is C10H15N3O2. The number of rotatable bonds is 4. The molecule has 1 atom stereocenters. The number of aromatic nitrogens is 1. The number of aliphatic hydroxyl groups is 1. The molecule has 2 heterocycles. The highest BCUT2D eigenvalue weighted by Gasteiger charge is 2.29. The molecule has 1 fully saturated rings. The van der Waals surface area contributed by atoms with Gasteiger partial charge in [-0.2, -0.15) is 0 Å². The van der Waals surface area contributed by atoms with Gasteiger partial charge in [-0.15, -0.1) is 0 Å². The third-order valence-corrected chi connectivity index (χ3v) is 2.60. The van der Waals surface area contributed by atoms with Gasteiger partial charge in [-0.05, 0) is 18.1 Å². The highest BCUT2D eigenvalue weighted by atomic mass is 16.3. The molecule has 3 N–H and O–H groups in total. The first kappa shape index (κ1) is 10.0. The third kappa shape index (κ3) is 2.12. The molecule has 0 saturated carbocycles. The fraction of sp³-hybridized carbons (Fsp3) is 0.500. The first-order valence-electron chi connectivity index (χ1n) is 5.10. The highest BCUT2D eigenvalue weighted by molar-refractivity contribution is 5.77. The van der Waals surface area contributed by atoms with Gasteiger partial charge in [0.15, 0.2) is 0 Å². The van der Waals surface area contributed by atoms with Gasteiger partial charge in [0.05, 0.1) is 6.04 Å². The molecular weight excluding hydrogens is 194 g/mol. The minimum atomic E-state index is -0.0466. The van der Waals surface area contributed by atoms with Crippen LogP contribution in [0.5, 0.6) is 0 Å². The van der Waals surface area contributed by atoms with E-state index in [1.807, 2.05) is 18.5 Å². The fourth-order valence-corrected chi connectivity index (χ4v) is 1.79. The van der Waals surface area contributed by atoms with E-state index >= 15 is 0 Å². The normalized spacial score (nSPS) is 20.7. The number of amides is 2. The standard InChI is InChI=1S/C10H15N3O2/c14-5-1-4-13-7-9(12-10(13)15)8-2-3-11-6-8/h2-3,6,9,11,14H,1,4-5,7H2,(H,12,15). The van der Waals surface area contributed by atoms with Crippen LogP contribution >= 0.6 is 0 Å². The first-order chi connectivity index (χ1) is 7.31. The van der Waals surface area contributed by atoms with Crippen LogP contribution in [0.4, 0.5) is 4.79 Å². The third-order valence-electron chi connectivity index (χ3n) is 2.60. The maximum atomic E-state index is 11.5. The van der Waals surface area contributed by atoms with Crippen LogP contribution in [0.3, 0.4) is 0 Å². The topological polar surface area (TPSA) is 68.4 Å². The van der Waals surface area contributed by atoms with E-state index in [4.69, 9.17) is 5.11 Å². The van der Waals surface area contributed by atoms with Crippen LogP contribution in [-0.2, 0) is 0 Å². The molecule has 1 aromatic heterocycles. The monoisotopic (exact) mass is 209 g/mol. The molecule has 1 aliphatic rings. The predicted molar refractivity (Wildman–Crippen MR) is 55.3 cm³/mol. The van der Waals surface area contributed by atoms with E-state index in [9.17, 15) is 4.79 Å². The molecule has 1 saturated heterocycles. The zero-order valence-corrected chi connectivity index (χ0v) is 8.44. The number of hydrogen-bond donors (Lipinski definition) is 3. The number of H-pyrrole nitrogens is 1. The Labute approximate surface area is 88.1 Å². The van der Waals surface area contributed by atoms with Gasteiger partial charge in [-0.1, -0.05) is 0 Å². The molecule has 0 spiro atoms. The molecule has 1 aromatic rings. The second kappa shape index (κ2) is 4.35. The van der Waals surface area contributed by atoms with Gasteiger partial charge in [-0.25, -0.2) is 4.79 Å². The summed E-state index contributed by atoms with van der Waals surface area (Å²) in [6.07, 6.45) is 4.37. The Kier molecular flexibility index (Phi) is 2.91. The smallest absolute Gasteiger partial charge is 0.318 e. The first-order valence-corrected chi connectivity index (χ1v) is 5.10. The summed E-state index contributed by atoms with van der Waals surface area (Å²) in [4.78, 5) is 16.2. The van der Waals surface area contributed by atoms with Crippen LogP contribution in [0.1, 0.15) is 18.0 Å². The average Bonchev–Trinajstić information content (AvgIpc) is 2.83. The lowest BCUT2D eigenvalue weighted by molar-refractivity contribution is 0.209. The van der Waals surface area contributed by atoms with Crippen LogP contribution in [0.25, 0.3) is 0 Å². The van der Waals surface area contributed by atoms with Crippen molar-refractivity contribution in [2.75, 3.05) is 19.7 Å². The lowest BCUT2D eigenvalue weighted by Crippen LogP contribution is -2.29. The average molecular weight is 209 g/mol. The number of aromatic amines is 1. The summed E-state index contributed by atoms with van der Waals surface area (Å²) in [5, 5.41) is 11.6. The SMILES string of the molecule is O=C1NC(c2cc[nH]c2)CN1CCCO. The maximum absolute atomic E-state index is 11.5. The van der Waals surface area contributed by atoms with E-state index < -0.39 is 0 Å². The Balaban J connectivity index is 1.95. The summed E-state index contributed by atoms with van der Waals surface area (Å²) in [6, 6.07) is 1.98. The Hall–Kier alpha value is -1.49. The van der Waals surface area contributed by atoms with Gasteiger partial charge in [0, 0.05) is 32.1 Å². The zero-order valence-electron chi connectivity index (χ0n) is 8.44. The second-order valence-electron chi connectivity index (χ2n) is 3.67. The van der Waals surface area contributed by atoms with E-state index in [2.05, 4.69) is 10.3 Å².